The van der Waals surface area contributed by atoms with Crippen LogP contribution >= 0.6 is 0 Å². The number of hydrogen-bond donors (Lipinski definition) is 0. The van der Waals surface area contributed by atoms with Crippen molar-refractivity contribution in [3.05, 3.63) is 64.2 Å². The van der Waals surface area contributed by atoms with Crippen LogP contribution in [0.4, 0.5) is 0 Å². The molecule has 4 aliphatic rings. The smallest absolute Gasteiger partial charge is 0.260 e. The lowest BCUT2D eigenvalue weighted by Crippen LogP contribution is -2.58. The van der Waals surface area contributed by atoms with Gasteiger partial charge < -0.3 is 9.47 Å². The molecule has 2 heterocycles. The van der Waals surface area contributed by atoms with Gasteiger partial charge in [-0.05, 0) is 104 Å². The van der Waals surface area contributed by atoms with E-state index in [9.17, 15) is 0 Å². The Balaban J connectivity index is 1.53. The van der Waals surface area contributed by atoms with Crippen molar-refractivity contribution in [2.24, 2.45) is 0 Å². The second kappa shape index (κ2) is 6.41. The van der Waals surface area contributed by atoms with E-state index in [4.69, 9.17) is 9.47 Å². The molecule has 0 radical (unpaired) electrons. The summed E-state index contributed by atoms with van der Waals surface area (Å²) in [6, 6.07) is 14.1. The van der Waals surface area contributed by atoms with E-state index >= 15 is 0 Å². The van der Waals surface area contributed by atoms with Gasteiger partial charge in [-0.2, -0.15) is 0 Å². The fourth-order valence-electron chi connectivity index (χ4n) is 8.55. The van der Waals surface area contributed by atoms with Gasteiger partial charge in [0.2, 0.25) is 0 Å². The lowest BCUT2D eigenvalue weighted by Gasteiger charge is -2.35. The zero-order valence-corrected chi connectivity index (χ0v) is 23.3. The van der Waals surface area contributed by atoms with Crippen LogP contribution in [0.15, 0.2) is 36.4 Å². The molecule has 36 heavy (non-hydrogen) atoms. The SMILES string of the molecule is Cc1cc2c3c(c1)Oc1cc4c(cc1B3c1cc3c(cc1O2)C(C)(C)CC3(C)C)C(C)(C)CC4(C)C. The summed E-state index contributed by atoms with van der Waals surface area (Å²) in [4.78, 5) is 0. The molecular weight excluding hydrogens is 439 g/mol. The highest BCUT2D eigenvalue weighted by molar-refractivity contribution is 6.98. The quantitative estimate of drug-likeness (QED) is 0.233. The average molecular weight is 476 g/mol. The van der Waals surface area contributed by atoms with Gasteiger partial charge in [-0.15, -0.1) is 0 Å². The van der Waals surface area contributed by atoms with Crippen molar-refractivity contribution in [2.75, 3.05) is 0 Å². The zero-order valence-electron chi connectivity index (χ0n) is 23.3. The minimum absolute atomic E-state index is 0.123. The van der Waals surface area contributed by atoms with Gasteiger partial charge in [0.15, 0.2) is 0 Å². The fourth-order valence-corrected chi connectivity index (χ4v) is 8.55. The number of ether oxygens (including phenoxy) is 2. The van der Waals surface area contributed by atoms with Gasteiger partial charge >= 0.3 is 0 Å². The summed E-state index contributed by atoms with van der Waals surface area (Å²) >= 11 is 0. The van der Waals surface area contributed by atoms with Crippen molar-refractivity contribution >= 4 is 23.1 Å². The summed E-state index contributed by atoms with van der Waals surface area (Å²) in [5.41, 5.74) is 11.3. The van der Waals surface area contributed by atoms with Crippen LogP contribution in [0.1, 0.15) is 96.0 Å². The summed E-state index contributed by atoms with van der Waals surface area (Å²) in [7, 11) is 0. The van der Waals surface area contributed by atoms with Crippen molar-refractivity contribution in [3.8, 4) is 23.0 Å². The molecule has 3 aromatic rings. The van der Waals surface area contributed by atoms with Crippen molar-refractivity contribution < 1.29 is 9.47 Å². The lowest BCUT2D eigenvalue weighted by molar-refractivity contribution is 0.402. The molecule has 0 atom stereocenters. The maximum atomic E-state index is 6.69. The van der Waals surface area contributed by atoms with Crippen molar-refractivity contribution in [2.45, 2.75) is 96.8 Å². The minimum atomic E-state index is 0.123. The predicted molar refractivity (Wildman–Crippen MR) is 150 cm³/mol. The molecule has 0 spiro atoms. The lowest BCUT2D eigenvalue weighted by atomic mass is 9.34. The number of rotatable bonds is 0. The van der Waals surface area contributed by atoms with Crippen LogP contribution < -0.4 is 25.9 Å². The molecule has 2 aliphatic heterocycles. The highest BCUT2D eigenvalue weighted by Crippen LogP contribution is 2.52. The van der Waals surface area contributed by atoms with Crippen LogP contribution in [-0.4, -0.2) is 6.71 Å². The Kier molecular flexibility index (Phi) is 4.01. The average Bonchev–Trinajstić information content (AvgIpc) is 3.04. The van der Waals surface area contributed by atoms with Gasteiger partial charge in [0.1, 0.15) is 23.0 Å². The van der Waals surface area contributed by atoms with Crippen molar-refractivity contribution in [3.63, 3.8) is 0 Å². The molecule has 2 nitrogen and oxygen atoms in total. The van der Waals surface area contributed by atoms with Gasteiger partial charge in [0.05, 0.1) is 0 Å². The maximum Gasteiger partial charge on any atom is 0.260 e. The van der Waals surface area contributed by atoms with Gasteiger partial charge in [-0.3, -0.25) is 0 Å². The third kappa shape index (κ3) is 2.81. The Bertz CT molecular complexity index is 1400. The highest BCUT2D eigenvalue weighted by Gasteiger charge is 2.48. The first-order valence-corrected chi connectivity index (χ1v) is 13.6. The summed E-state index contributed by atoms with van der Waals surface area (Å²) in [6.07, 6.45) is 2.30. The Morgan fingerprint density at radius 1 is 0.528 bits per heavy atom. The summed E-state index contributed by atoms with van der Waals surface area (Å²) < 4.78 is 13.4. The van der Waals surface area contributed by atoms with Gasteiger partial charge in [0.25, 0.3) is 6.71 Å². The third-order valence-corrected chi connectivity index (χ3v) is 9.58. The van der Waals surface area contributed by atoms with E-state index in [0.717, 1.165) is 35.8 Å². The second-order valence-corrected chi connectivity index (χ2v) is 14.6. The largest absolute Gasteiger partial charge is 0.458 e. The molecule has 0 saturated carbocycles. The molecule has 184 valence electrons. The number of hydrogen-bond acceptors (Lipinski definition) is 2. The van der Waals surface area contributed by atoms with Crippen molar-refractivity contribution in [1.29, 1.82) is 0 Å². The van der Waals surface area contributed by atoms with E-state index in [1.54, 1.807) is 0 Å². The highest BCUT2D eigenvalue weighted by atomic mass is 16.5. The molecule has 3 aromatic carbocycles. The Morgan fingerprint density at radius 3 is 1.28 bits per heavy atom. The normalized spacial score (nSPS) is 22.0. The van der Waals surface area contributed by atoms with Crippen LogP contribution in [0.2, 0.25) is 0 Å². The van der Waals surface area contributed by atoms with Crippen LogP contribution in [0.3, 0.4) is 0 Å². The Hall–Kier alpha value is -2.68. The first-order valence-electron chi connectivity index (χ1n) is 13.6. The molecular formula is C33H37BO2. The van der Waals surface area contributed by atoms with Crippen molar-refractivity contribution in [1.82, 2.24) is 0 Å². The van der Waals surface area contributed by atoms with Crippen LogP contribution in [0.25, 0.3) is 0 Å². The first kappa shape index (κ1) is 22.5. The van der Waals surface area contributed by atoms with Crippen LogP contribution in [0.5, 0.6) is 23.0 Å². The Morgan fingerprint density at radius 2 is 0.889 bits per heavy atom. The van der Waals surface area contributed by atoms with E-state index in [0.29, 0.717) is 0 Å². The monoisotopic (exact) mass is 476 g/mol. The fraction of sp³-hybridized carbons (Fsp3) is 0.455. The summed E-state index contributed by atoms with van der Waals surface area (Å²) in [6.45, 7) is 21.4. The van der Waals surface area contributed by atoms with E-state index < -0.39 is 0 Å². The van der Waals surface area contributed by atoms with Gasteiger partial charge in [-0.25, -0.2) is 0 Å². The number of benzene rings is 3. The minimum Gasteiger partial charge on any atom is -0.458 e. The number of fused-ring (bicyclic) bond motifs is 6. The second-order valence-electron chi connectivity index (χ2n) is 14.6. The summed E-state index contributed by atoms with van der Waals surface area (Å²) in [5, 5.41) is 0. The van der Waals surface area contributed by atoms with Gasteiger partial charge in [-0.1, -0.05) is 67.5 Å². The topological polar surface area (TPSA) is 18.5 Å². The first-order chi connectivity index (χ1) is 16.7. The molecule has 3 heteroatoms. The standard InChI is InChI=1S/C33H37BO2/c1-18-10-27-29-28(11-18)36-26-15-22-20(31(4,5)17-33(22,8)9)13-24(26)34(29)23-12-19-21(14-25(23)35-27)32(6,7)16-30(19,2)3/h10-15H,16-17H2,1-9H3. The molecule has 2 aliphatic carbocycles. The van der Waals surface area contributed by atoms with E-state index in [2.05, 4.69) is 98.7 Å². The molecule has 0 bridgehead atoms. The molecule has 0 fully saturated rings. The van der Waals surface area contributed by atoms with Gasteiger partial charge in [0, 0.05) is 5.46 Å². The molecule has 0 unspecified atom stereocenters. The molecule has 0 amide bonds. The summed E-state index contributed by atoms with van der Waals surface area (Å²) in [5.74, 6) is 3.93. The Labute approximate surface area is 216 Å². The van der Waals surface area contributed by atoms with E-state index in [1.807, 2.05) is 0 Å². The van der Waals surface area contributed by atoms with Crippen LogP contribution in [-0.2, 0) is 21.7 Å². The molecule has 0 saturated heterocycles. The van der Waals surface area contributed by atoms with Crippen LogP contribution in [0, 0.1) is 6.92 Å². The molecule has 0 aromatic heterocycles. The molecule has 7 rings (SSSR count). The van der Waals surface area contributed by atoms with E-state index in [-0.39, 0.29) is 28.4 Å². The zero-order chi connectivity index (χ0) is 25.6. The number of aryl methyl sites for hydroxylation is 1. The maximum absolute atomic E-state index is 6.69. The third-order valence-electron chi connectivity index (χ3n) is 9.58. The van der Waals surface area contributed by atoms with E-state index in [1.165, 1.54) is 44.2 Å². The molecule has 0 N–H and O–H groups in total. The predicted octanol–water partition coefficient (Wildman–Crippen LogP) is 6.64.